The summed E-state index contributed by atoms with van der Waals surface area (Å²) in [5.41, 5.74) is -2.28. The average molecular weight is 455 g/mol. The first-order valence-corrected chi connectivity index (χ1v) is 9.61. The van der Waals surface area contributed by atoms with E-state index >= 15 is 0 Å². The van der Waals surface area contributed by atoms with Gasteiger partial charge in [-0.2, -0.15) is 13.2 Å². The van der Waals surface area contributed by atoms with Gasteiger partial charge in [-0.05, 0) is 30.3 Å². The molecule has 0 bridgehead atoms. The average Bonchev–Trinajstić information content (AvgIpc) is 2.61. The Morgan fingerprint density at radius 1 is 1.17 bits per heavy atom. The molecule has 0 unspecified atom stereocenters. The molecule has 1 N–H and O–H groups in total. The van der Waals surface area contributed by atoms with Gasteiger partial charge in [-0.25, -0.2) is 8.42 Å². The molecule has 8 nitrogen and oxygen atoms in total. The second-order valence-corrected chi connectivity index (χ2v) is 7.62. The zero-order chi connectivity index (χ0) is 21.8. The summed E-state index contributed by atoms with van der Waals surface area (Å²) >= 11 is 5.65. The maximum atomic E-state index is 13.0. The number of methoxy groups -OCH3 is 1. The van der Waals surface area contributed by atoms with Crippen LogP contribution in [0.1, 0.15) is 5.56 Å². The lowest BCUT2D eigenvalue weighted by molar-refractivity contribution is -0.384. The quantitative estimate of drug-likeness (QED) is 0.365. The van der Waals surface area contributed by atoms with Gasteiger partial charge >= 0.3 is 6.18 Å². The van der Waals surface area contributed by atoms with Gasteiger partial charge in [-0.15, -0.1) is 0 Å². The van der Waals surface area contributed by atoms with E-state index in [4.69, 9.17) is 21.1 Å². The minimum atomic E-state index is -4.73. The molecule has 0 heterocycles. The maximum Gasteiger partial charge on any atom is 0.416 e. The van der Waals surface area contributed by atoms with Crippen molar-refractivity contribution in [2.45, 2.75) is 11.1 Å². The van der Waals surface area contributed by atoms with Crippen molar-refractivity contribution in [3.63, 3.8) is 0 Å². The van der Waals surface area contributed by atoms with Crippen LogP contribution in [0.2, 0.25) is 5.02 Å². The van der Waals surface area contributed by atoms with Crippen molar-refractivity contribution in [3.05, 3.63) is 57.1 Å². The van der Waals surface area contributed by atoms with E-state index < -0.39 is 43.0 Å². The Balaban J connectivity index is 2.46. The van der Waals surface area contributed by atoms with Crippen molar-refractivity contribution in [1.82, 2.24) is 0 Å². The number of halogens is 4. The Kier molecular flexibility index (Phi) is 6.93. The van der Waals surface area contributed by atoms with Gasteiger partial charge < -0.3 is 9.47 Å². The molecule has 0 radical (unpaired) electrons. The molecular formula is C16H14ClF3N2O6S. The van der Waals surface area contributed by atoms with Crippen molar-refractivity contribution in [1.29, 1.82) is 0 Å². The van der Waals surface area contributed by atoms with Gasteiger partial charge in [0.2, 0.25) is 0 Å². The predicted molar refractivity (Wildman–Crippen MR) is 97.7 cm³/mol. The van der Waals surface area contributed by atoms with E-state index in [1.807, 2.05) is 4.72 Å². The molecule has 0 aliphatic heterocycles. The summed E-state index contributed by atoms with van der Waals surface area (Å²) in [7, 11) is -3.11. The molecule has 0 saturated carbocycles. The number of hydrogen-bond acceptors (Lipinski definition) is 6. The third-order valence-corrected chi connectivity index (χ3v) is 5.20. The van der Waals surface area contributed by atoms with Crippen molar-refractivity contribution < 1.29 is 36.0 Å². The van der Waals surface area contributed by atoms with E-state index in [0.717, 1.165) is 24.3 Å². The summed E-state index contributed by atoms with van der Waals surface area (Å²) in [6, 6.07) is 4.93. The number of hydrogen-bond donors (Lipinski definition) is 1. The van der Waals surface area contributed by atoms with Crippen LogP contribution in [-0.2, 0) is 20.9 Å². The molecule has 0 fully saturated rings. The van der Waals surface area contributed by atoms with Crippen LogP contribution in [0, 0.1) is 10.1 Å². The summed E-state index contributed by atoms with van der Waals surface area (Å²) in [6.45, 7) is 0.0552. The Hall–Kier alpha value is -2.57. The van der Waals surface area contributed by atoms with E-state index in [2.05, 4.69) is 0 Å². The highest BCUT2D eigenvalue weighted by atomic mass is 35.5. The van der Waals surface area contributed by atoms with Gasteiger partial charge in [0, 0.05) is 13.2 Å². The lowest BCUT2D eigenvalue weighted by Gasteiger charge is -2.16. The van der Waals surface area contributed by atoms with Crippen LogP contribution in [0.25, 0.3) is 0 Å². The molecule has 0 amide bonds. The molecule has 0 saturated heterocycles. The number of nitrogens with zero attached hydrogens (tertiary/aromatic N) is 1. The van der Waals surface area contributed by atoms with Crippen molar-refractivity contribution in [2.24, 2.45) is 0 Å². The number of nitrogens with one attached hydrogen (secondary N) is 1. The summed E-state index contributed by atoms with van der Waals surface area (Å²) < 4.78 is 76.3. The fourth-order valence-corrected chi connectivity index (χ4v) is 3.42. The first-order valence-electron chi connectivity index (χ1n) is 7.75. The molecule has 29 heavy (non-hydrogen) atoms. The number of anilines is 1. The second kappa shape index (κ2) is 8.84. The highest BCUT2D eigenvalue weighted by Crippen LogP contribution is 2.36. The summed E-state index contributed by atoms with van der Waals surface area (Å²) in [5.74, 6) is -0.179. The number of sulfonamides is 1. The molecule has 2 aromatic carbocycles. The van der Waals surface area contributed by atoms with Crippen LogP contribution in [0.5, 0.6) is 5.75 Å². The monoisotopic (exact) mass is 454 g/mol. The molecule has 0 aliphatic carbocycles. The van der Waals surface area contributed by atoms with Gasteiger partial charge in [-0.3, -0.25) is 14.8 Å². The maximum absolute atomic E-state index is 13.0. The van der Waals surface area contributed by atoms with Gasteiger partial charge in [-0.1, -0.05) is 11.6 Å². The van der Waals surface area contributed by atoms with E-state index in [0.29, 0.717) is 12.1 Å². The molecule has 13 heteroatoms. The molecule has 2 rings (SSSR count). The van der Waals surface area contributed by atoms with Crippen LogP contribution in [0.3, 0.4) is 0 Å². The number of rotatable bonds is 8. The molecule has 0 spiro atoms. The fraction of sp³-hybridized carbons (Fsp3) is 0.250. The van der Waals surface area contributed by atoms with Gasteiger partial charge in [0.1, 0.15) is 17.4 Å². The Bertz CT molecular complexity index is 1010. The first-order chi connectivity index (χ1) is 13.5. The SMILES string of the molecule is COCCOc1ccc(C(F)(F)F)cc1NS(=O)(=O)c1ccc(Cl)c([N+](=O)[O-])c1. The van der Waals surface area contributed by atoms with Crippen LogP contribution in [-0.4, -0.2) is 33.7 Å². The van der Waals surface area contributed by atoms with E-state index in [9.17, 15) is 31.7 Å². The van der Waals surface area contributed by atoms with Gasteiger partial charge in [0.25, 0.3) is 15.7 Å². The highest BCUT2D eigenvalue weighted by molar-refractivity contribution is 7.92. The highest BCUT2D eigenvalue weighted by Gasteiger charge is 2.32. The third-order valence-electron chi connectivity index (χ3n) is 3.52. The smallest absolute Gasteiger partial charge is 0.416 e. The van der Waals surface area contributed by atoms with Crippen LogP contribution in [0.15, 0.2) is 41.3 Å². The first kappa shape index (κ1) is 22.7. The molecule has 0 aliphatic rings. The molecule has 0 atom stereocenters. The van der Waals surface area contributed by atoms with Crippen LogP contribution >= 0.6 is 11.6 Å². The summed E-state index contributed by atoms with van der Waals surface area (Å²) in [6.07, 6.45) is -4.73. The minimum Gasteiger partial charge on any atom is -0.489 e. The van der Waals surface area contributed by atoms with Gasteiger partial charge in [0.05, 0.1) is 27.7 Å². The Morgan fingerprint density at radius 2 is 1.86 bits per heavy atom. The second-order valence-electron chi connectivity index (χ2n) is 5.53. The zero-order valence-electron chi connectivity index (χ0n) is 14.7. The van der Waals surface area contributed by atoms with E-state index in [1.54, 1.807) is 0 Å². The third kappa shape index (κ3) is 5.71. The summed E-state index contributed by atoms with van der Waals surface area (Å²) in [5, 5.41) is 10.7. The molecule has 2 aromatic rings. The predicted octanol–water partition coefficient (Wildman–Crippen LogP) is 4.09. The lowest BCUT2D eigenvalue weighted by atomic mass is 10.2. The number of benzene rings is 2. The lowest BCUT2D eigenvalue weighted by Crippen LogP contribution is -2.16. The van der Waals surface area contributed by atoms with Gasteiger partial charge in [0.15, 0.2) is 0 Å². The Labute approximate surface area is 168 Å². The number of nitro benzene ring substituents is 1. The van der Waals surface area contributed by atoms with Crippen molar-refractivity contribution in [3.8, 4) is 5.75 Å². The normalized spacial score (nSPS) is 11.9. The van der Waals surface area contributed by atoms with Crippen molar-refractivity contribution in [2.75, 3.05) is 25.0 Å². The largest absolute Gasteiger partial charge is 0.489 e. The number of ether oxygens (including phenoxy) is 2. The van der Waals surface area contributed by atoms with E-state index in [-0.39, 0.29) is 24.0 Å². The van der Waals surface area contributed by atoms with Crippen LogP contribution in [0.4, 0.5) is 24.5 Å². The minimum absolute atomic E-state index is 0.0526. The standard InChI is InChI=1S/C16H14ClF3N2O6S/c1-27-6-7-28-15-5-2-10(16(18,19)20)8-13(15)21-29(25,26)11-3-4-12(17)14(9-11)22(23)24/h2-5,8-9,21H,6-7H2,1H3. The van der Waals surface area contributed by atoms with E-state index in [1.165, 1.54) is 7.11 Å². The summed E-state index contributed by atoms with van der Waals surface area (Å²) in [4.78, 5) is 9.52. The number of nitro groups is 1. The molecular weight excluding hydrogens is 441 g/mol. The zero-order valence-corrected chi connectivity index (χ0v) is 16.3. The molecule has 158 valence electrons. The van der Waals surface area contributed by atoms with Crippen LogP contribution < -0.4 is 9.46 Å². The van der Waals surface area contributed by atoms with Crippen molar-refractivity contribution >= 4 is 33.0 Å². The Morgan fingerprint density at radius 3 is 2.45 bits per heavy atom. The fourth-order valence-electron chi connectivity index (χ4n) is 2.15. The number of alkyl halides is 3. The molecule has 0 aromatic heterocycles. The topological polar surface area (TPSA) is 108 Å².